The summed E-state index contributed by atoms with van der Waals surface area (Å²) in [6.45, 7) is 4.38. The SMILES string of the molecule is COc1cc(N2CCSCC2)ccc1C. The molecule has 1 heterocycles. The molecule has 1 saturated heterocycles. The van der Waals surface area contributed by atoms with Gasteiger partial charge in [-0.15, -0.1) is 0 Å². The summed E-state index contributed by atoms with van der Waals surface area (Å²) in [6.07, 6.45) is 0. The molecule has 1 aromatic carbocycles. The zero-order chi connectivity index (χ0) is 10.7. The van der Waals surface area contributed by atoms with E-state index in [4.69, 9.17) is 4.74 Å². The second kappa shape index (κ2) is 4.79. The van der Waals surface area contributed by atoms with Gasteiger partial charge in [-0.1, -0.05) is 6.07 Å². The van der Waals surface area contributed by atoms with Crippen molar-refractivity contribution in [2.45, 2.75) is 6.92 Å². The van der Waals surface area contributed by atoms with Crippen LogP contribution in [0, 0.1) is 6.92 Å². The number of rotatable bonds is 2. The Morgan fingerprint density at radius 3 is 2.67 bits per heavy atom. The molecule has 0 aliphatic carbocycles. The van der Waals surface area contributed by atoms with Crippen molar-refractivity contribution in [3.63, 3.8) is 0 Å². The average Bonchev–Trinajstić information content (AvgIpc) is 2.31. The molecule has 2 rings (SSSR count). The number of methoxy groups -OCH3 is 1. The van der Waals surface area contributed by atoms with E-state index in [0.717, 1.165) is 18.8 Å². The van der Waals surface area contributed by atoms with Crippen molar-refractivity contribution in [2.75, 3.05) is 36.6 Å². The molecule has 82 valence electrons. The van der Waals surface area contributed by atoms with Crippen LogP contribution in [0.25, 0.3) is 0 Å². The van der Waals surface area contributed by atoms with E-state index in [0.29, 0.717) is 0 Å². The number of nitrogens with zero attached hydrogens (tertiary/aromatic N) is 1. The Bertz CT molecular complexity index is 334. The van der Waals surface area contributed by atoms with E-state index in [2.05, 4.69) is 30.0 Å². The van der Waals surface area contributed by atoms with Gasteiger partial charge in [-0.25, -0.2) is 0 Å². The Morgan fingerprint density at radius 2 is 2.00 bits per heavy atom. The second-order valence-corrected chi connectivity index (χ2v) is 4.98. The molecule has 0 aromatic heterocycles. The molecule has 0 radical (unpaired) electrons. The Morgan fingerprint density at radius 1 is 1.27 bits per heavy atom. The molecule has 0 saturated carbocycles. The van der Waals surface area contributed by atoms with Crippen LogP contribution >= 0.6 is 11.8 Å². The van der Waals surface area contributed by atoms with Crippen LogP contribution in [0.4, 0.5) is 5.69 Å². The van der Waals surface area contributed by atoms with E-state index >= 15 is 0 Å². The first kappa shape index (κ1) is 10.7. The summed E-state index contributed by atoms with van der Waals surface area (Å²) >= 11 is 2.03. The van der Waals surface area contributed by atoms with E-state index in [1.54, 1.807) is 7.11 Å². The van der Waals surface area contributed by atoms with Crippen molar-refractivity contribution in [1.82, 2.24) is 0 Å². The fourth-order valence-electron chi connectivity index (χ4n) is 1.83. The minimum absolute atomic E-state index is 0.991. The Balaban J connectivity index is 2.20. The Labute approximate surface area is 95.6 Å². The van der Waals surface area contributed by atoms with Gasteiger partial charge in [0.05, 0.1) is 7.11 Å². The van der Waals surface area contributed by atoms with E-state index in [-0.39, 0.29) is 0 Å². The zero-order valence-corrected chi connectivity index (χ0v) is 10.1. The normalized spacial score (nSPS) is 16.5. The predicted octanol–water partition coefficient (Wildman–Crippen LogP) is 2.56. The number of thioether (sulfide) groups is 1. The first-order valence-corrected chi connectivity index (χ1v) is 6.44. The molecule has 1 aromatic rings. The first-order valence-electron chi connectivity index (χ1n) is 5.28. The molecule has 1 fully saturated rings. The van der Waals surface area contributed by atoms with Crippen LogP contribution < -0.4 is 9.64 Å². The van der Waals surface area contributed by atoms with Crippen molar-refractivity contribution < 1.29 is 4.74 Å². The summed E-state index contributed by atoms with van der Waals surface area (Å²) in [5, 5.41) is 0. The van der Waals surface area contributed by atoms with Crippen LogP contribution in [0.15, 0.2) is 18.2 Å². The third kappa shape index (κ3) is 2.40. The fraction of sp³-hybridized carbons (Fsp3) is 0.500. The largest absolute Gasteiger partial charge is 0.496 e. The van der Waals surface area contributed by atoms with Crippen LogP contribution in [-0.4, -0.2) is 31.7 Å². The molecule has 0 spiro atoms. The summed E-state index contributed by atoms with van der Waals surface area (Å²) < 4.78 is 5.34. The third-order valence-corrected chi connectivity index (χ3v) is 3.71. The second-order valence-electron chi connectivity index (χ2n) is 3.75. The maximum atomic E-state index is 5.34. The maximum absolute atomic E-state index is 5.34. The molecular formula is C12H17NOS. The van der Waals surface area contributed by atoms with Crippen LogP contribution in [0.1, 0.15) is 5.56 Å². The lowest BCUT2D eigenvalue weighted by Crippen LogP contribution is -2.32. The van der Waals surface area contributed by atoms with E-state index in [1.165, 1.54) is 22.8 Å². The topological polar surface area (TPSA) is 12.5 Å². The van der Waals surface area contributed by atoms with E-state index < -0.39 is 0 Å². The van der Waals surface area contributed by atoms with Crippen molar-refractivity contribution in [2.24, 2.45) is 0 Å². The Kier molecular flexibility index (Phi) is 3.41. The summed E-state index contributed by atoms with van der Waals surface area (Å²) in [7, 11) is 1.73. The van der Waals surface area contributed by atoms with Gasteiger partial charge in [-0.2, -0.15) is 11.8 Å². The highest BCUT2D eigenvalue weighted by molar-refractivity contribution is 7.99. The molecule has 15 heavy (non-hydrogen) atoms. The number of hydrogen-bond acceptors (Lipinski definition) is 3. The van der Waals surface area contributed by atoms with Crippen LogP contribution in [0.3, 0.4) is 0 Å². The van der Waals surface area contributed by atoms with Crippen LogP contribution in [0.5, 0.6) is 5.75 Å². The van der Waals surface area contributed by atoms with Crippen molar-refractivity contribution in [3.8, 4) is 5.75 Å². The van der Waals surface area contributed by atoms with Gasteiger partial charge in [0.1, 0.15) is 5.75 Å². The van der Waals surface area contributed by atoms with E-state index in [1.807, 2.05) is 11.8 Å². The summed E-state index contributed by atoms with van der Waals surface area (Å²) in [5.41, 5.74) is 2.49. The number of hydrogen-bond donors (Lipinski definition) is 0. The Hall–Kier alpha value is -0.830. The molecule has 0 unspecified atom stereocenters. The molecule has 0 amide bonds. The number of anilines is 1. The lowest BCUT2D eigenvalue weighted by Gasteiger charge is -2.28. The number of ether oxygens (including phenoxy) is 1. The van der Waals surface area contributed by atoms with Crippen LogP contribution in [0.2, 0.25) is 0 Å². The molecule has 3 heteroatoms. The molecule has 2 nitrogen and oxygen atoms in total. The number of benzene rings is 1. The van der Waals surface area contributed by atoms with Gasteiger partial charge in [-0.05, 0) is 18.6 Å². The van der Waals surface area contributed by atoms with Crippen molar-refractivity contribution >= 4 is 17.4 Å². The quantitative estimate of drug-likeness (QED) is 0.764. The molecule has 0 atom stereocenters. The predicted molar refractivity (Wildman–Crippen MR) is 67.3 cm³/mol. The molecule has 0 bridgehead atoms. The molecular weight excluding hydrogens is 206 g/mol. The van der Waals surface area contributed by atoms with Gasteiger partial charge < -0.3 is 9.64 Å². The van der Waals surface area contributed by atoms with Gasteiger partial charge >= 0.3 is 0 Å². The summed E-state index contributed by atoms with van der Waals surface area (Å²) in [4.78, 5) is 2.43. The van der Waals surface area contributed by atoms with E-state index in [9.17, 15) is 0 Å². The standard InChI is InChI=1S/C12H17NOS/c1-10-3-4-11(9-12(10)14-2)13-5-7-15-8-6-13/h3-4,9H,5-8H2,1-2H3. The van der Waals surface area contributed by atoms with Gasteiger partial charge in [-0.3, -0.25) is 0 Å². The van der Waals surface area contributed by atoms with Gasteiger partial charge in [0.2, 0.25) is 0 Å². The highest BCUT2D eigenvalue weighted by Crippen LogP contribution is 2.26. The highest BCUT2D eigenvalue weighted by Gasteiger charge is 2.12. The van der Waals surface area contributed by atoms with Gasteiger partial charge in [0.15, 0.2) is 0 Å². The third-order valence-electron chi connectivity index (χ3n) is 2.77. The van der Waals surface area contributed by atoms with Gasteiger partial charge in [0, 0.05) is 36.3 Å². The summed E-state index contributed by atoms with van der Waals surface area (Å²) in [6, 6.07) is 6.47. The highest BCUT2D eigenvalue weighted by atomic mass is 32.2. The lowest BCUT2D eigenvalue weighted by atomic mass is 10.2. The average molecular weight is 223 g/mol. The smallest absolute Gasteiger partial charge is 0.123 e. The molecule has 0 N–H and O–H groups in total. The maximum Gasteiger partial charge on any atom is 0.123 e. The fourth-order valence-corrected chi connectivity index (χ4v) is 2.73. The minimum atomic E-state index is 0.991. The minimum Gasteiger partial charge on any atom is -0.496 e. The summed E-state index contributed by atoms with van der Waals surface area (Å²) in [5.74, 6) is 3.46. The van der Waals surface area contributed by atoms with Gasteiger partial charge in [0.25, 0.3) is 0 Å². The first-order chi connectivity index (χ1) is 7.31. The van der Waals surface area contributed by atoms with Crippen LogP contribution in [-0.2, 0) is 0 Å². The zero-order valence-electron chi connectivity index (χ0n) is 9.32. The molecule has 1 aliphatic heterocycles. The number of aryl methyl sites for hydroxylation is 1. The monoisotopic (exact) mass is 223 g/mol. The van der Waals surface area contributed by atoms with Crippen molar-refractivity contribution in [3.05, 3.63) is 23.8 Å². The van der Waals surface area contributed by atoms with Crippen molar-refractivity contribution in [1.29, 1.82) is 0 Å². The lowest BCUT2D eigenvalue weighted by molar-refractivity contribution is 0.411. The molecule has 1 aliphatic rings.